The fourth-order valence-corrected chi connectivity index (χ4v) is 5.11. The van der Waals surface area contributed by atoms with Crippen molar-refractivity contribution in [1.29, 1.82) is 0 Å². The van der Waals surface area contributed by atoms with Crippen molar-refractivity contribution in [2.45, 2.75) is 50.5 Å². The van der Waals surface area contributed by atoms with Crippen molar-refractivity contribution in [1.82, 2.24) is 9.62 Å². The maximum atomic E-state index is 11.7. The third-order valence-electron chi connectivity index (χ3n) is 5.24. The van der Waals surface area contributed by atoms with Crippen molar-refractivity contribution in [3.63, 3.8) is 0 Å². The van der Waals surface area contributed by atoms with Gasteiger partial charge in [-0.15, -0.1) is 0 Å². The van der Waals surface area contributed by atoms with Crippen molar-refractivity contribution < 1.29 is 8.42 Å². The van der Waals surface area contributed by atoms with Gasteiger partial charge >= 0.3 is 0 Å². The van der Waals surface area contributed by atoms with Gasteiger partial charge in [0.05, 0.1) is 6.26 Å². The van der Waals surface area contributed by atoms with E-state index in [-0.39, 0.29) is 0 Å². The number of nitrogens with one attached hydrogen (secondary N) is 1. The molecule has 2 unspecified atom stereocenters. The van der Waals surface area contributed by atoms with Gasteiger partial charge in [0.15, 0.2) is 0 Å². The Morgan fingerprint density at radius 2 is 2.05 bits per heavy atom. The van der Waals surface area contributed by atoms with E-state index in [1.165, 1.54) is 44.8 Å². The molecule has 0 radical (unpaired) electrons. The molecule has 3 rings (SSSR count). The lowest BCUT2D eigenvalue weighted by atomic mass is 9.79. The Kier molecular flexibility index (Phi) is 3.65. The van der Waals surface area contributed by atoms with Crippen LogP contribution in [0.15, 0.2) is 0 Å². The quantitative estimate of drug-likeness (QED) is 0.853. The predicted octanol–water partition coefficient (Wildman–Crippen LogP) is 1.58. The molecule has 19 heavy (non-hydrogen) atoms. The largest absolute Gasteiger partial charge is 0.311 e. The molecular weight excluding hydrogens is 260 g/mol. The molecule has 3 fully saturated rings. The summed E-state index contributed by atoms with van der Waals surface area (Å²) in [7, 11) is -3.00. The maximum absolute atomic E-state index is 11.7. The third-order valence-corrected chi connectivity index (χ3v) is 6.51. The summed E-state index contributed by atoms with van der Waals surface area (Å²) in [5.74, 6) is 1.42. The second-order valence-electron chi connectivity index (χ2n) is 6.79. The molecule has 0 aromatic heterocycles. The molecule has 3 aliphatic rings. The Balaban J connectivity index is 1.65. The number of hydrogen-bond donors (Lipinski definition) is 1. The van der Waals surface area contributed by atoms with E-state index in [2.05, 4.69) is 5.32 Å². The van der Waals surface area contributed by atoms with Gasteiger partial charge in [0.25, 0.3) is 0 Å². The molecule has 2 heterocycles. The standard InChI is InChI=1S/C14H26N2O2S/c1-19(17,18)16-9-2-4-12(11-16)10-14(13-5-6-13)7-3-8-15-14/h12-13,15H,2-11H2,1H3. The van der Waals surface area contributed by atoms with Gasteiger partial charge in [0, 0.05) is 18.6 Å². The molecule has 1 saturated carbocycles. The van der Waals surface area contributed by atoms with Crippen LogP contribution < -0.4 is 5.32 Å². The summed E-state index contributed by atoms with van der Waals surface area (Å²) in [5.41, 5.74) is 0.352. The highest BCUT2D eigenvalue weighted by atomic mass is 32.2. The number of sulfonamides is 1. The van der Waals surface area contributed by atoms with E-state index in [0.717, 1.165) is 32.0 Å². The molecule has 2 saturated heterocycles. The van der Waals surface area contributed by atoms with E-state index in [0.29, 0.717) is 11.5 Å². The molecule has 2 aliphatic heterocycles. The minimum absolute atomic E-state index is 0.352. The molecule has 4 nitrogen and oxygen atoms in total. The zero-order chi connectivity index (χ0) is 13.5. The van der Waals surface area contributed by atoms with E-state index in [1.807, 2.05) is 0 Å². The Labute approximate surface area is 117 Å². The summed E-state index contributed by atoms with van der Waals surface area (Å²) in [6.45, 7) is 2.62. The fraction of sp³-hybridized carbons (Fsp3) is 1.00. The van der Waals surface area contributed by atoms with Crippen LogP contribution >= 0.6 is 0 Å². The molecule has 5 heteroatoms. The van der Waals surface area contributed by atoms with Crippen LogP contribution in [-0.2, 0) is 10.0 Å². The van der Waals surface area contributed by atoms with Crippen molar-refractivity contribution in [3.05, 3.63) is 0 Å². The van der Waals surface area contributed by atoms with Gasteiger partial charge in [0.2, 0.25) is 10.0 Å². The Hall–Kier alpha value is -0.130. The first-order chi connectivity index (χ1) is 9.00. The Morgan fingerprint density at radius 1 is 1.26 bits per heavy atom. The second-order valence-corrected chi connectivity index (χ2v) is 8.78. The summed E-state index contributed by atoms with van der Waals surface area (Å²) in [6.07, 6.45) is 10.1. The topological polar surface area (TPSA) is 49.4 Å². The van der Waals surface area contributed by atoms with Gasteiger partial charge in [-0.1, -0.05) is 0 Å². The van der Waals surface area contributed by atoms with Gasteiger partial charge in [-0.3, -0.25) is 0 Å². The highest BCUT2D eigenvalue weighted by Gasteiger charge is 2.48. The summed E-state index contributed by atoms with van der Waals surface area (Å²) < 4.78 is 25.1. The second kappa shape index (κ2) is 5.01. The van der Waals surface area contributed by atoms with Crippen LogP contribution in [0.25, 0.3) is 0 Å². The molecular formula is C14H26N2O2S. The minimum atomic E-state index is -3.00. The lowest BCUT2D eigenvalue weighted by Gasteiger charge is -2.38. The van der Waals surface area contributed by atoms with Crippen molar-refractivity contribution in [2.24, 2.45) is 11.8 Å². The van der Waals surface area contributed by atoms with Crippen molar-refractivity contribution in [2.75, 3.05) is 25.9 Å². The number of nitrogens with zero attached hydrogens (tertiary/aromatic N) is 1. The van der Waals surface area contributed by atoms with E-state index in [9.17, 15) is 8.42 Å². The van der Waals surface area contributed by atoms with Crippen LogP contribution in [0, 0.1) is 11.8 Å². The number of rotatable bonds is 4. The van der Waals surface area contributed by atoms with E-state index in [4.69, 9.17) is 0 Å². The maximum Gasteiger partial charge on any atom is 0.211 e. The SMILES string of the molecule is CS(=O)(=O)N1CCCC(CC2(C3CC3)CCCN2)C1. The first kappa shape index (κ1) is 13.8. The number of hydrogen-bond acceptors (Lipinski definition) is 3. The first-order valence-electron chi connectivity index (χ1n) is 7.70. The first-order valence-corrected chi connectivity index (χ1v) is 9.55. The summed E-state index contributed by atoms with van der Waals surface area (Å²) >= 11 is 0. The van der Waals surface area contributed by atoms with E-state index in [1.54, 1.807) is 4.31 Å². The van der Waals surface area contributed by atoms with E-state index >= 15 is 0 Å². The summed E-state index contributed by atoms with van der Waals surface area (Å²) in [6, 6.07) is 0. The highest BCUT2D eigenvalue weighted by Crippen LogP contribution is 2.48. The smallest absolute Gasteiger partial charge is 0.211 e. The molecule has 0 bridgehead atoms. The van der Waals surface area contributed by atoms with Gasteiger partial charge in [-0.25, -0.2) is 12.7 Å². The molecule has 0 aromatic carbocycles. The molecule has 2 atom stereocenters. The summed E-state index contributed by atoms with van der Waals surface area (Å²) in [4.78, 5) is 0. The molecule has 110 valence electrons. The van der Waals surface area contributed by atoms with Gasteiger partial charge < -0.3 is 5.32 Å². The lowest BCUT2D eigenvalue weighted by molar-refractivity contribution is 0.186. The molecule has 0 aromatic rings. The van der Waals surface area contributed by atoms with Crippen LogP contribution in [-0.4, -0.2) is 44.2 Å². The van der Waals surface area contributed by atoms with Crippen LogP contribution in [0.3, 0.4) is 0 Å². The van der Waals surface area contributed by atoms with Crippen LogP contribution in [0.5, 0.6) is 0 Å². The zero-order valence-electron chi connectivity index (χ0n) is 11.9. The highest BCUT2D eigenvalue weighted by molar-refractivity contribution is 7.88. The normalized spacial score (nSPS) is 37.6. The zero-order valence-corrected chi connectivity index (χ0v) is 12.7. The Morgan fingerprint density at radius 3 is 2.63 bits per heavy atom. The fourth-order valence-electron chi connectivity index (χ4n) is 4.16. The van der Waals surface area contributed by atoms with Crippen LogP contribution in [0.1, 0.15) is 44.9 Å². The lowest BCUT2D eigenvalue weighted by Crippen LogP contribution is -2.47. The monoisotopic (exact) mass is 286 g/mol. The molecule has 1 aliphatic carbocycles. The van der Waals surface area contributed by atoms with Crippen LogP contribution in [0.4, 0.5) is 0 Å². The third kappa shape index (κ3) is 2.98. The van der Waals surface area contributed by atoms with Crippen molar-refractivity contribution in [3.8, 4) is 0 Å². The summed E-state index contributed by atoms with van der Waals surface area (Å²) in [5, 5.41) is 3.76. The average Bonchev–Trinajstić information content (AvgIpc) is 3.11. The molecule has 0 amide bonds. The van der Waals surface area contributed by atoms with Gasteiger partial charge in [-0.05, 0) is 63.3 Å². The van der Waals surface area contributed by atoms with Crippen molar-refractivity contribution >= 4 is 10.0 Å². The molecule has 0 spiro atoms. The number of piperidine rings is 1. The minimum Gasteiger partial charge on any atom is -0.311 e. The van der Waals surface area contributed by atoms with E-state index < -0.39 is 10.0 Å². The Bertz CT molecular complexity index is 425. The van der Waals surface area contributed by atoms with Gasteiger partial charge in [-0.2, -0.15) is 0 Å². The van der Waals surface area contributed by atoms with Crippen LogP contribution in [0.2, 0.25) is 0 Å². The molecule has 1 N–H and O–H groups in total. The van der Waals surface area contributed by atoms with Gasteiger partial charge in [0.1, 0.15) is 0 Å². The average molecular weight is 286 g/mol. The predicted molar refractivity (Wildman–Crippen MR) is 76.4 cm³/mol.